The maximum Gasteiger partial charge on any atom is 0.121 e. The molecule has 120 valence electrons. The van der Waals surface area contributed by atoms with E-state index in [0.29, 0.717) is 0 Å². The molecule has 0 amide bonds. The maximum atomic E-state index is 9.47. The quantitative estimate of drug-likeness (QED) is 0.715. The van der Waals surface area contributed by atoms with Crippen LogP contribution in [0.4, 0.5) is 0 Å². The number of hydrogen-bond donors (Lipinski definition) is 0. The molecule has 0 bridgehead atoms. The van der Waals surface area contributed by atoms with Gasteiger partial charge in [-0.15, -0.1) is 0 Å². The Hall–Kier alpha value is -0.580. The molecule has 0 aromatic carbocycles. The van der Waals surface area contributed by atoms with Crippen LogP contribution in [0.5, 0.6) is 0 Å². The Kier molecular flexibility index (Phi) is 5.10. The minimum absolute atomic E-state index is 0.209. The molecule has 1 aromatic rings. The normalized spacial score (nSPS) is 22.4. The maximum absolute atomic E-state index is 9.47. The fourth-order valence-electron chi connectivity index (χ4n) is 4.02. The number of aromatic nitrogens is 1. The average molecular weight is 413 g/mol. The molecular weight excluding hydrogens is 389 g/mol. The SMILES string of the molecule is Cc1c(I)cc(C#N)n1CC1(N2CCOCC2)CCCCC1. The topological polar surface area (TPSA) is 41.2 Å². The van der Waals surface area contributed by atoms with Gasteiger partial charge in [-0.3, -0.25) is 4.90 Å². The van der Waals surface area contributed by atoms with E-state index in [1.54, 1.807) is 0 Å². The number of morpholine rings is 1. The van der Waals surface area contributed by atoms with Crippen molar-refractivity contribution >= 4 is 22.6 Å². The Morgan fingerprint density at radius 3 is 2.59 bits per heavy atom. The number of ether oxygens (including phenoxy) is 1. The fraction of sp³-hybridized carbons (Fsp3) is 0.706. The number of hydrogen-bond acceptors (Lipinski definition) is 3. The molecule has 2 aliphatic rings. The molecule has 0 atom stereocenters. The monoisotopic (exact) mass is 413 g/mol. The molecule has 1 aliphatic heterocycles. The van der Waals surface area contributed by atoms with Gasteiger partial charge in [-0.2, -0.15) is 5.26 Å². The summed E-state index contributed by atoms with van der Waals surface area (Å²) in [6.07, 6.45) is 6.44. The molecule has 2 heterocycles. The second-order valence-corrected chi connectivity index (χ2v) is 7.71. The first-order chi connectivity index (χ1) is 10.7. The molecule has 1 aromatic heterocycles. The zero-order valence-electron chi connectivity index (χ0n) is 13.3. The summed E-state index contributed by atoms with van der Waals surface area (Å²) in [5.41, 5.74) is 2.25. The summed E-state index contributed by atoms with van der Waals surface area (Å²) in [6.45, 7) is 6.83. The van der Waals surface area contributed by atoms with E-state index in [0.717, 1.165) is 38.5 Å². The van der Waals surface area contributed by atoms with E-state index in [1.807, 2.05) is 6.07 Å². The third-order valence-corrected chi connectivity index (χ3v) is 6.43. The molecule has 0 radical (unpaired) electrons. The second kappa shape index (κ2) is 6.90. The highest BCUT2D eigenvalue weighted by Gasteiger charge is 2.39. The standard InChI is InChI=1S/C17H24IN3O/c1-14-16(18)11-15(12-19)21(14)13-17(5-3-2-4-6-17)20-7-9-22-10-8-20/h11H,2-10,13H2,1H3. The molecule has 1 aliphatic carbocycles. The predicted octanol–water partition coefficient (Wildman–Crippen LogP) is 3.31. The smallest absolute Gasteiger partial charge is 0.121 e. The first-order valence-electron chi connectivity index (χ1n) is 8.25. The Bertz CT molecular complexity index is 563. The second-order valence-electron chi connectivity index (χ2n) is 6.55. The molecule has 0 N–H and O–H groups in total. The van der Waals surface area contributed by atoms with Gasteiger partial charge in [0.05, 0.1) is 13.2 Å². The molecule has 1 saturated heterocycles. The third-order valence-electron chi connectivity index (χ3n) is 5.34. The summed E-state index contributed by atoms with van der Waals surface area (Å²) >= 11 is 2.34. The van der Waals surface area contributed by atoms with Gasteiger partial charge in [0.2, 0.25) is 0 Å². The zero-order chi connectivity index (χ0) is 15.6. The third kappa shape index (κ3) is 3.06. The van der Waals surface area contributed by atoms with Crippen molar-refractivity contribution in [3.05, 3.63) is 21.0 Å². The van der Waals surface area contributed by atoms with Crippen LogP contribution in [-0.2, 0) is 11.3 Å². The molecule has 2 fully saturated rings. The summed E-state index contributed by atoms with van der Waals surface area (Å²) in [4.78, 5) is 2.64. The van der Waals surface area contributed by atoms with Gasteiger partial charge < -0.3 is 9.30 Å². The van der Waals surface area contributed by atoms with Crippen LogP contribution < -0.4 is 0 Å². The van der Waals surface area contributed by atoms with E-state index in [9.17, 15) is 5.26 Å². The van der Waals surface area contributed by atoms with Crippen molar-refractivity contribution in [3.8, 4) is 6.07 Å². The van der Waals surface area contributed by atoms with E-state index >= 15 is 0 Å². The van der Waals surface area contributed by atoms with Gasteiger partial charge in [-0.25, -0.2) is 0 Å². The van der Waals surface area contributed by atoms with Crippen molar-refractivity contribution in [2.75, 3.05) is 26.3 Å². The van der Waals surface area contributed by atoms with Crippen molar-refractivity contribution in [2.45, 2.75) is 51.1 Å². The highest BCUT2D eigenvalue weighted by atomic mass is 127. The van der Waals surface area contributed by atoms with E-state index in [-0.39, 0.29) is 5.54 Å². The first-order valence-corrected chi connectivity index (χ1v) is 9.33. The lowest BCUT2D eigenvalue weighted by Crippen LogP contribution is -2.56. The van der Waals surface area contributed by atoms with Crippen LogP contribution in [-0.4, -0.2) is 41.3 Å². The van der Waals surface area contributed by atoms with E-state index < -0.39 is 0 Å². The number of rotatable bonds is 3. The summed E-state index contributed by atoms with van der Waals surface area (Å²) in [7, 11) is 0. The van der Waals surface area contributed by atoms with Crippen LogP contribution in [0.15, 0.2) is 6.07 Å². The highest BCUT2D eigenvalue weighted by Crippen LogP contribution is 2.37. The van der Waals surface area contributed by atoms with Gasteiger partial charge in [0.1, 0.15) is 11.8 Å². The van der Waals surface area contributed by atoms with Crippen molar-refractivity contribution in [1.29, 1.82) is 5.26 Å². The van der Waals surface area contributed by atoms with Crippen molar-refractivity contribution in [1.82, 2.24) is 9.47 Å². The molecule has 3 rings (SSSR count). The molecule has 0 spiro atoms. The summed E-state index contributed by atoms with van der Waals surface area (Å²) in [5.74, 6) is 0. The van der Waals surface area contributed by atoms with Crippen LogP contribution in [0.25, 0.3) is 0 Å². The lowest BCUT2D eigenvalue weighted by molar-refractivity contribution is -0.0448. The van der Waals surface area contributed by atoms with Crippen LogP contribution in [0, 0.1) is 21.8 Å². The summed E-state index contributed by atoms with van der Waals surface area (Å²) in [6, 6.07) is 4.40. The van der Waals surface area contributed by atoms with Crippen molar-refractivity contribution in [2.24, 2.45) is 0 Å². The Morgan fingerprint density at radius 2 is 1.95 bits per heavy atom. The predicted molar refractivity (Wildman–Crippen MR) is 94.8 cm³/mol. The van der Waals surface area contributed by atoms with Crippen LogP contribution >= 0.6 is 22.6 Å². The van der Waals surface area contributed by atoms with Gasteiger partial charge in [0, 0.05) is 34.4 Å². The van der Waals surface area contributed by atoms with Crippen molar-refractivity contribution < 1.29 is 4.74 Å². The van der Waals surface area contributed by atoms with Crippen LogP contribution in [0.1, 0.15) is 43.5 Å². The zero-order valence-corrected chi connectivity index (χ0v) is 15.4. The van der Waals surface area contributed by atoms with Crippen LogP contribution in [0.2, 0.25) is 0 Å². The lowest BCUT2D eigenvalue weighted by atomic mass is 9.79. The molecular formula is C17H24IN3O. The van der Waals surface area contributed by atoms with Gasteiger partial charge in [0.25, 0.3) is 0 Å². The molecule has 5 heteroatoms. The first kappa shape index (κ1) is 16.3. The minimum Gasteiger partial charge on any atom is -0.379 e. The summed E-state index contributed by atoms with van der Waals surface area (Å²) in [5, 5.41) is 9.47. The Labute approximate surface area is 146 Å². The van der Waals surface area contributed by atoms with Gasteiger partial charge in [-0.05, 0) is 48.4 Å². The molecule has 4 nitrogen and oxygen atoms in total. The largest absolute Gasteiger partial charge is 0.379 e. The molecule has 22 heavy (non-hydrogen) atoms. The van der Waals surface area contributed by atoms with Crippen LogP contribution in [0.3, 0.4) is 0 Å². The highest BCUT2D eigenvalue weighted by molar-refractivity contribution is 14.1. The Morgan fingerprint density at radius 1 is 1.27 bits per heavy atom. The average Bonchev–Trinajstić information content (AvgIpc) is 2.84. The summed E-state index contributed by atoms with van der Waals surface area (Å²) < 4.78 is 9.01. The molecule has 0 unspecified atom stereocenters. The van der Waals surface area contributed by atoms with E-state index in [1.165, 1.54) is 41.4 Å². The number of halogens is 1. The van der Waals surface area contributed by atoms with E-state index in [2.05, 4.69) is 45.1 Å². The number of nitrogens with zero attached hydrogens (tertiary/aromatic N) is 3. The van der Waals surface area contributed by atoms with Gasteiger partial charge in [-0.1, -0.05) is 19.3 Å². The number of nitriles is 1. The van der Waals surface area contributed by atoms with E-state index in [4.69, 9.17) is 4.74 Å². The minimum atomic E-state index is 0.209. The fourth-order valence-corrected chi connectivity index (χ4v) is 4.61. The van der Waals surface area contributed by atoms with Gasteiger partial charge >= 0.3 is 0 Å². The Balaban J connectivity index is 1.92. The van der Waals surface area contributed by atoms with Crippen molar-refractivity contribution in [3.63, 3.8) is 0 Å². The van der Waals surface area contributed by atoms with Gasteiger partial charge in [0.15, 0.2) is 0 Å². The molecule has 1 saturated carbocycles. The lowest BCUT2D eigenvalue weighted by Gasteiger charge is -2.48.